The molecule has 1 heterocycles. The van der Waals surface area contributed by atoms with Crippen LogP contribution in [0.15, 0.2) is 0 Å². The van der Waals surface area contributed by atoms with E-state index in [0.29, 0.717) is 6.42 Å². The molecule has 1 saturated heterocycles. The van der Waals surface area contributed by atoms with Crippen LogP contribution in [0.4, 0.5) is 0 Å². The van der Waals surface area contributed by atoms with Gasteiger partial charge in [-0.1, -0.05) is 6.92 Å². The molecule has 0 bridgehead atoms. The van der Waals surface area contributed by atoms with Crippen molar-refractivity contribution < 1.29 is 14.7 Å². The fourth-order valence-corrected chi connectivity index (χ4v) is 2.46. The van der Waals surface area contributed by atoms with Gasteiger partial charge in [-0.05, 0) is 39.7 Å². The van der Waals surface area contributed by atoms with Crippen LogP contribution in [0.25, 0.3) is 0 Å². The first-order valence-electron chi connectivity index (χ1n) is 6.72. The molecule has 1 aliphatic rings. The maximum Gasteiger partial charge on any atom is 0.320 e. The minimum Gasteiger partial charge on any atom is -0.480 e. The highest BCUT2D eigenvalue weighted by Gasteiger charge is 2.31. The second kappa shape index (κ2) is 6.73. The van der Waals surface area contributed by atoms with E-state index >= 15 is 0 Å². The highest BCUT2D eigenvalue weighted by atomic mass is 16.4. The lowest BCUT2D eigenvalue weighted by atomic mass is 10.1. The Morgan fingerprint density at radius 2 is 1.83 bits per heavy atom. The standard InChI is InChI=1S/C13H24N2O3/c1-4-11(13(17)18)14(3)10(2)12(16)15-8-6-5-7-9-15/h10-11H,4-9H2,1-3H3,(H,17,18). The minimum atomic E-state index is -0.863. The summed E-state index contributed by atoms with van der Waals surface area (Å²) < 4.78 is 0. The van der Waals surface area contributed by atoms with Crippen molar-refractivity contribution >= 4 is 11.9 Å². The van der Waals surface area contributed by atoms with E-state index in [9.17, 15) is 9.59 Å². The van der Waals surface area contributed by atoms with Gasteiger partial charge in [-0.2, -0.15) is 0 Å². The number of hydrogen-bond donors (Lipinski definition) is 1. The van der Waals surface area contributed by atoms with Crippen molar-refractivity contribution in [3.8, 4) is 0 Å². The van der Waals surface area contributed by atoms with E-state index in [4.69, 9.17) is 5.11 Å². The Morgan fingerprint density at radius 3 is 2.28 bits per heavy atom. The molecule has 0 spiro atoms. The molecule has 0 radical (unpaired) electrons. The summed E-state index contributed by atoms with van der Waals surface area (Å²) in [6.45, 7) is 5.23. The lowest BCUT2D eigenvalue weighted by Crippen LogP contribution is -2.52. The normalized spacial score (nSPS) is 19.7. The van der Waals surface area contributed by atoms with E-state index in [1.165, 1.54) is 6.42 Å². The van der Waals surface area contributed by atoms with Gasteiger partial charge in [0.05, 0.1) is 6.04 Å². The van der Waals surface area contributed by atoms with Crippen molar-refractivity contribution in [3.63, 3.8) is 0 Å². The van der Waals surface area contributed by atoms with Crippen molar-refractivity contribution in [1.29, 1.82) is 0 Å². The van der Waals surface area contributed by atoms with Crippen molar-refractivity contribution in [3.05, 3.63) is 0 Å². The zero-order valence-corrected chi connectivity index (χ0v) is 11.6. The van der Waals surface area contributed by atoms with Gasteiger partial charge in [-0.15, -0.1) is 0 Å². The average Bonchev–Trinajstić information content (AvgIpc) is 2.38. The second-order valence-corrected chi connectivity index (χ2v) is 4.99. The number of carboxylic acid groups (broad SMARTS) is 1. The van der Waals surface area contributed by atoms with Crippen LogP contribution in [0.1, 0.15) is 39.5 Å². The molecule has 2 atom stereocenters. The van der Waals surface area contributed by atoms with Gasteiger partial charge in [-0.25, -0.2) is 0 Å². The molecule has 2 unspecified atom stereocenters. The summed E-state index contributed by atoms with van der Waals surface area (Å²) in [7, 11) is 1.72. The Bertz CT molecular complexity index is 301. The van der Waals surface area contributed by atoms with Crippen LogP contribution in [-0.2, 0) is 9.59 Å². The summed E-state index contributed by atoms with van der Waals surface area (Å²) in [5, 5.41) is 9.12. The van der Waals surface area contributed by atoms with Gasteiger partial charge < -0.3 is 10.0 Å². The number of carbonyl (C=O) groups excluding carboxylic acids is 1. The maximum absolute atomic E-state index is 12.3. The van der Waals surface area contributed by atoms with Crippen LogP contribution < -0.4 is 0 Å². The number of hydrogen-bond acceptors (Lipinski definition) is 3. The first kappa shape index (κ1) is 15.0. The molecule has 1 rings (SSSR count). The highest BCUT2D eigenvalue weighted by molar-refractivity contribution is 5.82. The Labute approximate surface area is 109 Å². The van der Waals surface area contributed by atoms with E-state index in [1.807, 2.05) is 11.8 Å². The number of carbonyl (C=O) groups is 2. The third-order valence-electron chi connectivity index (χ3n) is 3.80. The van der Waals surface area contributed by atoms with Gasteiger partial charge in [-0.3, -0.25) is 14.5 Å². The molecule has 5 nitrogen and oxygen atoms in total. The number of amides is 1. The number of piperidine rings is 1. The Hall–Kier alpha value is -1.10. The van der Waals surface area contributed by atoms with E-state index in [-0.39, 0.29) is 11.9 Å². The molecule has 1 amide bonds. The van der Waals surface area contributed by atoms with Gasteiger partial charge >= 0.3 is 5.97 Å². The first-order chi connectivity index (χ1) is 8.49. The predicted molar refractivity (Wildman–Crippen MR) is 69.4 cm³/mol. The van der Waals surface area contributed by atoms with Crippen molar-refractivity contribution in [2.45, 2.75) is 51.6 Å². The summed E-state index contributed by atoms with van der Waals surface area (Å²) in [5.74, 6) is -0.810. The molecule has 1 fully saturated rings. The quantitative estimate of drug-likeness (QED) is 0.802. The number of likely N-dealkylation sites (tertiary alicyclic amines) is 1. The van der Waals surface area contributed by atoms with Crippen molar-refractivity contribution in [2.75, 3.05) is 20.1 Å². The molecular weight excluding hydrogens is 232 g/mol. The number of nitrogens with zero attached hydrogens (tertiary/aromatic N) is 2. The molecule has 18 heavy (non-hydrogen) atoms. The molecule has 1 N–H and O–H groups in total. The lowest BCUT2D eigenvalue weighted by Gasteiger charge is -2.34. The van der Waals surface area contributed by atoms with Crippen LogP contribution in [0.5, 0.6) is 0 Å². The Morgan fingerprint density at radius 1 is 1.28 bits per heavy atom. The van der Waals surface area contributed by atoms with Gasteiger partial charge in [0.1, 0.15) is 6.04 Å². The van der Waals surface area contributed by atoms with Crippen LogP contribution in [-0.4, -0.2) is 59.0 Å². The molecule has 0 aliphatic carbocycles. The molecule has 0 aromatic carbocycles. The van der Waals surface area contributed by atoms with E-state index in [0.717, 1.165) is 25.9 Å². The van der Waals surface area contributed by atoms with E-state index in [1.54, 1.807) is 18.9 Å². The number of likely N-dealkylation sites (N-methyl/N-ethyl adjacent to an activating group) is 1. The number of rotatable bonds is 5. The largest absolute Gasteiger partial charge is 0.480 e. The monoisotopic (exact) mass is 256 g/mol. The molecule has 0 aromatic heterocycles. The topological polar surface area (TPSA) is 60.9 Å². The van der Waals surface area contributed by atoms with Gasteiger partial charge in [0.25, 0.3) is 0 Å². The summed E-state index contributed by atoms with van der Waals surface area (Å²) in [5.41, 5.74) is 0. The molecular formula is C13H24N2O3. The van der Waals surface area contributed by atoms with Crippen LogP contribution >= 0.6 is 0 Å². The third-order valence-corrected chi connectivity index (χ3v) is 3.80. The highest BCUT2D eigenvalue weighted by Crippen LogP contribution is 2.14. The summed E-state index contributed by atoms with van der Waals surface area (Å²) in [6.07, 6.45) is 3.79. The first-order valence-corrected chi connectivity index (χ1v) is 6.72. The van der Waals surface area contributed by atoms with E-state index in [2.05, 4.69) is 0 Å². The van der Waals surface area contributed by atoms with Gasteiger partial charge in [0.2, 0.25) is 5.91 Å². The molecule has 1 aliphatic heterocycles. The zero-order chi connectivity index (χ0) is 13.7. The molecule has 104 valence electrons. The second-order valence-electron chi connectivity index (χ2n) is 4.99. The average molecular weight is 256 g/mol. The predicted octanol–water partition coefficient (Wildman–Crippen LogP) is 1.18. The number of carboxylic acids is 1. The zero-order valence-electron chi connectivity index (χ0n) is 11.6. The Kier molecular flexibility index (Phi) is 5.59. The number of aliphatic carboxylic acids is 1. The maximum atomic E-state index is 12.3. The molecule has 0 saturated carbocycles. The van der Waals surface area contributed by atoms with Gasteiger partial charge in [0, 0.05) is 13.1 Å². The summed E-state index contributed by atoms with van der Waals surface area (Å²) in [6, 6.07) is -0.960. The van der Waals surface area contributed by atoms with E-state index < -0.39 is 12.0 Å². The van der Waals surface area contributed by atoms with Crippen LogP contribution in [0.2, 0.25) is 0 Å². The fraction of sp³-hybridized carbons (Fsp3) is 0.846. The van der Waals surface area contributed by atoms with Crippen LogP contribution in [0, 0.1) is 0 Å². The van der Waals surface area contributed by atoms with Crippen molar-refractivity contribution in [2.24, 2.45) is 0 Å². The molecule has 0 aromatic rings. The third kappa shape index (κ3) is 3.45. The van der Waals surface area contributed by atoms with Gasteiger partial charge in [0.15, 0.2) is 0 Å². The van der Waals surface area contributed by atoms with Crippen molar-refractivity contribution in [1.82, 2.24) is 9.80 Å². The fourth-order valence-electron chi connectivity index (χ4n) is 2.46. The lowest BCUT2D eigenvalue weighted by molar-refractivity contribution is -0.146. The minimum absolute atomic E-state index is 0.0527. The SMILES string of the molecule is CCC(C(=O)O)N(C)C(C)C(=O)N1CCCCC1. The summed E-state index contributed by atoms with van der Waals surface area (Å²) >= 11 is 0. The molecule has 5 heteroatoms. The van der Waals surface area contributed by atoms with Crippen LogP contribution in [0.3, 0.4) is 0 Å². The Balaban J connectivity index is 2.63. The summed E-state index contributed by atoms with van der Waals surface area (Å²) in [4.78, 5) is 26.9. The smallest absolute Gasteiger partial charge is 0.320 e.